The Balaban J connectivity index is 1.94. The Hall–Kier alpha value is -0.230. The molecule has 1 heterocycles. The van der Waals surface area contributed by atoms with Crippen molar-refractivity contribution in [2.75, 3.05) is 43.7 Å². The van der Waals surface area contributed by atoms with Crippen LogP contribution in [0.2, 0.25) is 0 Å². The number of nitrogens with one attached hydrogen (secondary N) is 1. The standard InChI is InChI=1S/C15H23BrN2OS/c1-18(14-5-8-20-11-14)13-4-3-12(15(16)9-13)10-17-6-7-19-2/h3-4,9,14,17H,5-8,10-11H2,1-2H3. The third kappa shape index (κ3) is 4.38. The van der Waals surface area contributed by atoms with Crippen molar-refractivity contribution >= 4 is 33.4 Å². The van der Waals surface area contributed by atoms with Crippen LogP contribution < -0.4 is 10.2 Å². The van der Waals surface area contributed by atoms with Crippen LogP contribution in [0.15, 0.2) is 22.7 Å². The quantitative estimate of drug-likeness (QED) is 0.756. The summed E-state index contributed by atoms with van der Waals surface area (Å²) in [5.74, 6) is 2.53. The minimum absolute atomic E-state index is 0.678. The molecular weight excluding hydrogens is 336 g/mol. The average molecular weight is 359 g/mol. The molecule has 1 atom stereocenters. The fraction of sp³-hybridized carbons (Fsp3) is 0.600. The molecule has 0 bridgehead atoms. The normalized spacial score (nSPS) is 18.4. The molecule has 0 saturated carbocycles. The van der Waals surface area contributed by atoms with E-state index in [0.29, 0.717) is 6.04 Å². The molecule has 1 unspecified atom stereocenters. The van der Waals surface area contributed by atoms with Gasteiger partial charge in [-0.2, -0.15) is 11.8 Å². The highest BCUT2D eigenvalue weighted by Crippen LogP contribution is 2.29. The van der Waals surface area contributed by atoms with Crippen molar-refractivity contribution in [3.63, 3.8) is 0 Å². The van der Waals surface area contributed by atoms with Crippen LogP contribution in [0, 0.1) is 0 Å². The highest BCUT2D eigenvalue weighted by Gasteiger charge is 2.20. The fourth-order valence-corrected chi connectivity index (χ4v) is 4.11. The first-order valence-electron chi connectivity index (χ1n) is 7.01. The maximum absolute atomic E-state index is 5.03. The van der Waals surface area contributed by atoms with Crippen LogP contribution in [0.25, 0.3) is 0 Å². The van der Waals surface area contributed by atoms with Crippen LogP contribution in [0.5, 0.6) is 0 Å². The maximum atomic E-state index is 5.03. The second-order valence-corrected chi connectivity index (χ2v) is 7.08. The Morgan fingerprint density at radius 3 is 3.00 bits per heavy atom. The Labute approximate surface area is 134 Å². The number of methoxy groups -OCH3 is 1. The van der Waals surface area contributed by atoms with Crippen molar-refractivity contribution in [2.24, 2.45) is 0 Å². The zero-order valence-corrected chi connectivity index (χ0v) is 14.6. The van der Waals surface area contributed by atoms with Gasteiger partial charge in [-0.1, -0.05) is 22.0 Å². The number of nitrogens with zero attached hydrogens (tertiary/aromatic N) is 1. The van der Waals surface area contributed by atoms with Gasteiger partial charge in [0.1, 0.15) is 0 Å². The average Bonchev–Trinajstić information content (AvgIpc) is 2.98. The van der Waals surface area contributed by atoms with Gasteiger partial charge in [-0.25, -0.2) is 0 Å². The first kappa shape index (κ1) is 16.1. The van der Waals surface area contributed by atoms with Gasteiger partial charge in [-0.15, -0.1) is 0 Å². The first-order chi connectivity index (χ1) is 9.72. The fourth-order valence-electron chi connectivity index (χ4n) is 2.33. The minimum atomic E-state index is 0.678. The molecule has 3 nitrogen and oxygen atoms in total. The molecule has 1 N–H and O–H groups in total. The zero-order valence-electron chi connectivity index (χ0n) is 12.2. The molecule has 0 spiro atoms. The molecule has 1 saturated heterocycles. The highest BCUT2D eigenvalue weighted by molar-refractivity contribution is 9.10. The summed E-state index contributed by atoms with van der Waals surface area (Å²) in [6.07, 6.45) is 1.29. The summed E-state index contributed by atoms with van der Waals surface area (Å²) >= 11 is 5.74. The minimum Gasteiger partial charge on any atom is -0.383 e. The SMILES string of the molecule is COCCNCc1ccc(N(C)C2CCSC2)cc1Br. The molecule has 2 rings (SSSR count). The van der Waals surface area contributed by atoms with E-state index >= 15 is 0 Å². The van der Waals surface area contributed by atoms with Gasteiger partial charge in [-0.3, -0.25) is 0 Å². The van der Waals surface area contributed by atoms with E-state index in [1.807, 2.05) is 0 Å². The van der Waals surface area contributed by atoms with Gasteiger partial charge in [0.25, 0.3) is 0 Å². The zero-order chi connectivity index (χ0) is 14.4. The van der Waals surface area contributed by atoms with Crippen molar-refractivity contribution in [3.8, 4) is 0 Å². The van der Waals surface area contributed by atoms with Gasteiger partial charge in [0, 0.05) is 49.2 Å². The molecule has 1 aromatic rings. The van der Waals surface area contributed by atoms with Crippen molar-refractivity contribution in [3.05, 3.63) is 28.2 Å². The van der Waals surface area contributed by atoms with E-state index in [1.54, 1.807) is 7.11 Å². The van der Waals surface area contributed by atoms with E-state index in [-0.39, 0.29) is 0 Å². The summed E-state index contributed by atoms with van der Waals surface area (Å²) in [6.45, 7) is 2.49. The van der Waals surface area contributed by atoms with Crippen LogP contribution in [-0.4, -0.2) is 44.9 Å². The van der Waals surface area contributed by atoms with E-state index in [9.17, 15) is 0 Å². The van der Waals surface area contributed by atoms with Crippen molar-refractivity contribution in [1.29, 1.82) is 0 Å². The van der Waals surface area contributed by atoms with Crippen LogP contribution >= 0.6 is 27.7 Å². The summed E-state index contributed by atoms with van der Waals surface area (Å²) in [4.78, 5) is 2.41. The van der Waals surface area contributed by atoms with Crippen LogP contribution in [0.3, 0.4) is 0 Å². The Bertz CT molecular complexity index is 424. The second-order valence-electron chi connectivity index (χ2n) is 5.07. The monoisotopic (exact) mass is 358 g/mol. The Morgan fingerprint density at radius 1 is 1.50 bits per heavy atom. The highest BCUT2D eigenvalue weighted by atomic mass is 79.9. The van der Waals surface area contributed by atoms with E-state index < -0.39 is 0 Å². The van der Waals surface area contributed by atoms with Crippen LogP contribution in [0.1, 0.15) is 12.0 Å². The van der Waals surface area contributed by atoms with E-state index in [1.165, 1.54) is 33.7 Å². The predicted molar refractivity (Wildman–Crippen MR) is 91.9 cm³/mol. The van der Waals surface area contributed by atoms with Gasteiger partial charge in [0.05, 0.1) is 6.61 Å². The number of hydrogen-bond acceptors (Lipinski definition) is 4. The van der Waals surface area contributed by atoms with Gasteiger partial charge in [0.15, 0.2) is 0 Å². The number of rotatable bonds is 7. The lowest BCUT2D eigenvalue weighted by Gasteiger charge is -2.26. The van der Waals surface area contributed by atoms with E-state index in [4.69, 9.17) is 4.74 Å². The van der Waals surface area contributed by atoms with Crippen molar-refractivity contribution < 1.29 is 4.74 Å². The number of hydrogen-bond donors (Lipinski definition) is 1. The summed E-state index contributed by atoms with van der Waals surface area (Å²) in [6, 6.07) is 7.34. The second kappa shape index (κ2) is 8.27. The number of thioether (sulfide) groups is 1. The van der Waals surface area contributed by atoms with Gasteiger partial charge in [-0.05, 0) is 29.9 Å². The lowest BCUT2D eigenvalue weighted by atomic mass is 10.1. The van der Waals surface area contributed by atoms with Gasteiger partial charge in [0.2, 0.25) is 0 Å². The van der Waals surface area contributed by atoms with Crippen LogP contribution in [-0.2, 0) is 11.3 Å². The summed E-state index contributed by atoms with van der Waals surface area (Å²) in [5, 5.41) is 3.38. The van der Waals surface area contributed by atoms with Crippen molar-refractivity contribution in [1.82, 2.24) is 5.32 Å². The number of halogens is 1. The topological polar surface area (TPSA) is 24.5 Å². The molecule has 112 valence electrons. The van der Waals surface area contributed by atoms with E-state index in [2.05, 4.69) is 63.2 Å². The lowest BCUT2D eigenvalue weighted by molar-refractivity contribution is 0.199. The molecular formula is C15H23BrN2OS. The molecule has 0 aliphatic carbocycles. The lowest BCUT2D eigenvalue weighted by Crippen LogP contribution is -2.31. The predicted octanol–water partition coefficient (Wildman–Crippen LogP) is 3.13. The summed E-state index contributed by atoms with van der Waals surface area (Å²) in [7, 11) is 3.93. The van der Waals surface area contributed by atoms with Crippen LogP contribution in [0.4, 0.5) is 5.69 Å². The Morgan fingerprint density at radius 2 is 2.35 bits per heavy atom. The molecule has 5 heteroatoms. The molecule has 0 radical (unpaired) electrons. The number of benzene rings is 1. The van der Waals surface area contributed by atoms with Crippen molar-refractivity contribution in [2.45, 2.75) is 19.0 Å². The number of anilines is 1. The molecule has 0 aromatic heterocycles. The molecule has 1 aliphatic rings. The molecule has 20 heavy (non-hydrogen) atoms. The summed E-state index contributed by atoms with van der Waals surface area (Å²) in [5.41, 5.74) is 2.59. The molecule has 1 aliphatic heterocycles. The first-order valence-corrected chi connectivity index (χ1v) is 8.96. The molecule has 1 fully saturated rings. The van der Waals surface area contributed by atoms with Gasteiger partial charge >= 0.3 is 0 Å². The molecule has 1 aromatic carbocycles. The summed E-state index contributed by atoms with van der Waals surface area (Å²) < 4.78 is 6.21. The maximum Gasteiger partial charge on any atom is 0.0587 e. The van der Waals surface area contributed by atoms with Gasteiger partial charge < -0.3 is 15.0 Å². The third-order valence-electron chi connectivity index (χ3n) is 3.70. The smallest absolute Gasteiger partial charge is 0.0587 e. The van der Waals surface area contributed by atoms with E-state index in [0.717, 1.165) is 19.7 Å². The number of ether oxygens (including phenoxy) is 1. The Kier molecular flexibility index (Phi) is 6.68. The largest absolute Gasteiger partial charge is 0.383 e. The molecule has 0 amide bonds. The third-order valence-corrected chi connectivity index (χ3v) is 5.58.